The number of nitrogen functional groups attached to an aromatic ring is 1. The number of rotatable bonds is 5. The molecule has 0 aliphatic heterocycles. The van der Waals surface area contributed by atoms with Gasteiger partial charge in [0, 0.05) is 18.0 Å². The van der Waals surface area contributed by atoms with Crippen molar-refractivity contribution >= 4 is 16.7 Å². The molecule has 0 unspecified atom stereocenters. The molecule has 0 radical (unpaired) electrons. The molecular weight excluding hydrogens is 234 g/mol. The van der Waals surface area contributed by atoms with Crippen molar-refractivity contribution in [3.05, 3.63) is 35.7 Å². The van der Waals surface area contributed by atoms with Crippen LogP contribution in [0, 0.1) is 0 Å². The molecule has 0 saturated heterocycles. The summed E-state index contributed by atoms with van der Waals surface area (Å²) in [5.41, 5.74) is 6.78. The van der Waals surface area contributed by atoms with Crippen LogP contribution in [0.15, 0.2) is 24.3 Å². The lowest BCUT2D eigenvalue weighted by Crippen LogP contribution is -1.95. The number of anilines is 1. The van der Waals surface area contributed by atoms with Gasteiger partial charge < -0.3 is 10.5 Å². The zero-order valence-corrected chi connectivity index (χ0v) is 10.5. The van der Waals surface area contributed by atoms with Crippen LogP contribution in [0.5, 0.6) is 5.75 Å². The Morgan fingerprint density at radius 2 is 2.00 bits per heavy atom. The fourth-order valence-corrected chi connectivity index (χ4v) is 2.02. The molecule has 2 aromatic rings. The van der Waals surface area contributed by atoms with Crippen LogP contribution in [0.25, 0.3) is 0 Å². The van der Waals surface area contributed by atoms with E-state index in [-0.39, 0.29) is 0 Å². The summed E-state index contributed by atoms with van der Waals surface area (Å²) in [7, 11) is 0. The number of ether oxygens (including phenoxy) is 1. The van der Waals surface area contributed by atoms with Crippen LogP contribution in [0.3, 0.4) is 0 Å². The maximum atomic E-state index is 5.53. The largest absolute Gasteiger partial charge is 0.494 e. The van der Waals surface area contributed by atoms with Crippen molar-refractivity contribution in [2.45, 2.75) is 19.8 Å². The molecule has 0 atom stereocenters. The van der Waals surface area contributed by atoms with E-state index in [2.05, 4.69) is 21.5 Å². The molecule has 0 aliphatic rings. The van der Waals surface area contributed by atoms with Crippen LogP contribution >= 0.6 is 11.5 Å². The van der Waals surface area contributed by atoms with Crippen LogP contribution in [0.2, 0.25) is 0 Å². The molecule has 2 rings (SSSR count). The maximum absolute atomic E-state index is 5.53. The van der Waals surface area contributed by atoms with Gasteiger partial charge in [0.05, 0.1) is 6.61 Å². The number of hydrogen-bond acceptors (Lipinski definition) is 5. The first-order chi connectivity index (χ1) is 8.28. The summed E-state index contributed by atoms with van der Waals surface area (Å²) < 4.78 is 9.55. The van der Waals surface area contributed by atoms with Crippen molar-refractivity contribution in [3.8, 4) is 5.75 Å². The van der Waals surface area contributed by atoms with Gasteiger partial charge in [-0.2, -0.15) is 4.37 Å². The first kappa shape index (κ1) is 11.9. The summed E-state index contributed by atoms with van der Waals surface area (Å²) in [6, 6.07) is 8.12. The standard InChI is InChI=1S/C12H15N3OS/c1-2-16-10-6-3-9(4-7-10)5-8-11-14-12(13)17-15-11/h3-4,6-7H,2,5,8H2,1H3,(H2,13,14,15). The summed E-state index contributed by atoms with van der Waals surface area (Å²) in [6.07, 6.45) is 1.74. The number of nitrogens with zero attached hydrogens (tertiary/aromatic N) is 2. The Labute approximate surface area is 105 Å². The Hall–Kier alpha value is -1.62. The van der Waals surface area contributed by atoms with Crippen molar-refractivity contribution < 1.29 is 4.74 Å². The molecule has 1 aromatic heterocycles. The summed E-state index contributed by atoms with van der Waals surface area (Å²) in [4.78, 5) is 4.13. The number of hydrogen-bond donors (Lipinski definition) is 1. The first-order valence-corrected chi connectivity index (χ1v) is 6.35. The molecule has 0 bridgehead atoms. The van der Waals surface area contributed by atoms with Gasteiger partial charge in [0.15, 0.2) is 5.13 Å². The summed E-state index contributed by atoms with van der Waals surface area (Å²) in [5.74, 6) is 1.73. The second kappa shape index (κ2) is 5.63. The Balaban J connectivity index is 1.90. The topological polar surface area (TPSA) is 61.0 Å². The van der Waals surface area contributed by atoms with Crippen molar-refractivity contribution in [2.24, 2.45) is 0 Å². The smallest absolute Gasteiger partial charge is 0.199 e. The van der Waals surface area contributed by atoms with E-state index >= 15 is 0 Å². The molecule has 5 heteroatoms. The van der Waals surface area contributed by atoms with E-state index in [1.54, 1.807) is 0 Å². The third-order valence-electron chi connectivity index (χ3n) is 2.36. The zero-order chi connectivity index (χ0) is 12.1. The number of aryl methyl sites for hydroxylation is 2. The van der Waals surface area contributed by atoms with Crippen LogP contribution in [0.4, 0.5) is 5.13 Å². The number of benzene rings is 1. The maximum Gasteiger partial charge on any atom is 0.199 e. The SMILES string of the molecule is CCOc1ccc(CCc2nsc(N)n2)cc1. The summed E-state index contributed by atoms with van der Waals surface area (Å²) in [5, 5.41) is 0.534. The molecule has 1 aromatic carbocycles. The highest BCUT2D eigenvalue weighted by Crippen LogP contribution is 2.14. The third kappa shape index (κ3) is 3.42. The van der Waals surface area contributed by atoms with E-state index in [9.17, 15) is 0 Å². The lowest BCUT2D eigenvalue weighted by molar-refractivity contribution is 0.340. The minimum atomic E-state index is 0.534. The number of aromatic nitrogens is 2. The highest BCUT2D eigenvalue weighted by Gasteiger charge is 2.02. The van der Waals surface area contributed by atoms with Gasteiger partial charge in [0.1, 0.15) is 11.6 Å². The number of nitrogens with two attached hydrogens (primary N) is 1. The molecule has 0 spiro atoms. The molecule has 0 amide bonds. The fraction of sp³-hybridized carbons (Fsp3) is 0.333. The molecule has 2 N–H and O–H groups in total. The third-order valence-corrected chi connectivity index (χ3v) is 2.94. The summed E-state index contributed by atoms with van der Waals surface area (Å²) >= 11 is 1.25. The molecule has 0 fully saturated rings. The molecular formula is C12H15N3OS. The van der Waals surface area contributed by atoms with E-state index in [0.717, 1.165) is 24.4 Å². The average Bonchev–Trinajstić information content (AvgIpc) is 2.75. The lowest BCUT2D eigenvalue weighted by Gasteiger charge is -2.04. The monoisotopic (exact) mass is 249 g/mol. The second-order valence-electron chi connectivity index (χ2n) is 3.63. The lowest BCUT2D eigenvalue weighted by atomic mass is 10.1. The van der Waals surface area contributed by atoms with Gasteiger partial charge in [-0.1, -0.05) is 12.1 Å². The van der Waals surface area contributed by atoms with E-state index < -0.39 is 0 Å². The van der Waals surface area contributed by atoms with E-state index in [1.807, 2.05) is 19.1 Å². The minimum absolute atomic E-state index is 0.534. The Kier molecular flexibility index (Phi) is 3.93. The molecule has 4 nitrogen and oxygen atoms in total. The van der Waals surface area contributed by atoms with Gasteiger partial charge in [0.25, 0.3) is 0 Å². The predicted octanol–water partition coefficient (Wildman–Crippen LogP) is 2.30. The molecule has 0 saturated carbocycles. The van der Waals surface area contributed by atoms with Crippen molar-refractivity contribution in [3.63, 3.8) is 0 Å². The Morgan fingerprint density at radius 1 is 1.24 bits per heavy atom. The quantitative estimate of drug-likeness (QED) is 0.883. The van der Waals surface area contributed by atoms with Gasteiger partial charge in [-0.05, 0) is 31.0 Å². The molecule has 90 valence electrons. The highest BCUT2D eigenvalue weighted by atomic mass is 32.1. The van der Waals surface area contributed by atoms with E-state index in [0.29, 0.717) is 11.7 Å². The Bertz CT molecular complexity index is 467. The van der Waals surface area contributed by atoms with Gasteiger partial charge in [-0.15, -0.1) is 0 Å². The van der Waals surface area contributed by atoms with E-state index in [4.69, 9.17) is 10.5 Å². The van der Waals surface area contributed by atoms with E-state index in [1.165, 1.54) is 17.1 Å². The molecule has 17 heavy (non-hydrogen) atoms. The van der Waals surface area contributed by atoms with Gasteiger partial charge in [-0.25, -0.2) is 4.98 Å². The Morgan fingerprint density at radius 3 is 2.59 bits per heavy atom. The van der Waals surface area contributed by atoms with Crippen LogP contribution in [-0.2, 0) is 12.8 Å². The first-order valence-electron chi connectivity index (χ1n) is 5.57. The normalized spacial score (nSPS) is 10.4. The summed E-state index contributed by atoms with van der Waals surface area (Å²) in [6.45, 7) is 2.67. The van der Waals surface area contributed by atoms with Crippen molar-refractivity contribution in [2.75, 3.05) is 12.3 Å². The predicted molar refractivity (Wildman–Crippen MR) is 69.3 cm³/mol. The molecule has 0 aliphatic carbocycles. The second-order valence-corrected chi connectivity index (χ2v) is 4.41. The van der Waals surface area contributed by atoms with Gasteiger partial charge in [0.2, 0.25) is 0 Å². The molecule has 1 heterocycles. The minimum Gasteiger partial charge on any atom is -0.494 e. The van der Waals surface area contributed by atoms with Crippen molar-refractivity contribution in [1.29, 1.82) is 0 Å². The average molecular weight is 249 g/mol. The highest BCUT2D eigenvalue weighted by molar-refractivity contribution is 7.09. The zero-order valence-electron chi connectivity index (χ0n) is 9.72. The van der Waals surface area contributed by atoms with Crippen LogP contribution in [0.1, 0.15) is 18.3 Å². The van der Waals surface area contributed by atoms with Crippen LogP contribution in [-0.4, -0.2) is 16.0 Å². The van der Waals surface area contributed by atoms with Gasteiger partial charge >= 0.3 is 0 Å². The van der Waals surface area contributed by atoms with Gasteiger partial charge in [-0.3, -0.25) is 0 Å². The fourth-order valence-electron chi connectivity index (χ4n) is 1.54. The van der Waals surface area contributed by atoms with Crippen molar-refractivity contribution in [1.82, 2.24) is 9.36 Å². The van der Waals surface area contributed by atoms with Crippen LogP contribution < -0.4 is 10.5 Å².